The molecule has 1 aromatic carbocycles. The number of anilines is 1. The number of nitrogens with zero attached hydrogens (tertiary/aromatic N) is 3. The van der Waals surface area contributed by atoms with Gasteiger partial charge in [0.15, 0.2) is 0 Å². The van der Waals surface area contributed by atoms with E-state index < -0.39 is 6.10 Å². The Morgan fingerprint density at radius 3 is 2.88 bits per heavy atom. The molecule has 2 amide bonds. The maximum atomic E-state index is 12.6. The van der Waals surface area contributed by atoms with Gasteiger partial charge in [0, 0.05) is 29.4 Å². The van der Waals surface area contributed by atoms with Gasteiger partial charge in [-0.1, -0.05) is 12.1 Å². The maximum Gasteiger partial charge on any atom is 0.321 e. The van der Waals surface area contributed by atoms with Crippen LogP contribution in [-0.4, -0.2) is 64.2 Å². The maximum absolute atomic E-state index is 12.6. The van der Waals surface area contributed by atoms with Crippen molar-refractivity contribution in [1.82, 2.24) is 14.8 Å². The number of hydrogen-bond donors (Lipinski definition) is 2. The quantitative estimate of drug-likeness (QED) is 0.884. The molecule has 132 valence electrons. The van der Waals surface area contributed by atoms with Gasteiger partial charge in [0.25, 0.3) is 0 Å². The van der Waals surface area contributed by atoms with Crippen LogP contribution in [0.4, 0.5) is 10.5 Å². The average Bonchev–Trinajstić information content (AvgIpc) is 3.36. The molecular formula is C18H22N4O2S. The number of hydrogen-bond acceptors (Lipinski definition) is 5. The molecule has 0 bridgehead atoms. The number of likely N-dealkylation sites (tertiary alicyclic amines) is 2. The zero-order chi connectivity index (χ0) is 17.2. The zero-order valence-corrected chi connectivity index (χ0v) is 14.8. The summed E-state index contributed by atoms with van der Waals surface area (Å²) in [5, 5.41) is 16.2. The number of carbonyl (C=O) groups is 1. The van der Waals surface area contributed by atoms with Crippen molar-refractivity contribution < 1.29 is 9.90 Å². The summed E-state index contributed by atoms with van der Waals surface area (Å²) in [7, 11) is 0. The molecule has 2 aliphatic heterocycles. The number of carbonyl (C=O) groups excluding carboxylic acids is 1. The zero-order valence-electron chi connectivity index (χ0n) is 14.0. The molecule has 3 heterocycles. The molecule has 1 aromatic heterocycles. The molecule has 2 fully saturated rings. The number of benzene rings is 1. The van der Waals surface area contributed by atoms with Crippen molar-refractivity contribution >= 4 is 23.1 Å². The van der Waals surface area contributed by atoms with Crippen LogP contribution < -0.4 is 5.32 Å². The van der Waals surface area contributed by atoms with Crippen LogP contribution in [0.25, 0.3) is 10.6 Å². The van der Waals surface area contributed by atoms with Crippen LogP contribution in [0.15, 0.2) is 35.8 Å². The normalized spacial score (nSPS) is 24.0. The molecule has 2 aliphatic rings. The summed E-state index contributed by atoms with van der Waals surface area (Å²) < 4.78 is 0. The molecule has 0 spiro atoms. The highest BCUT2D eigenvalue weighted by Crippen LogP contribution is 2.25. The van der Waals surface area contributed by atoms with Crippen molar-refractivity contribution in [3.63, 3.8) is 0 Å². The number of nitrogens with one attached hydrogen (secondary N) is 1. The molecule has 6 nitrogen and oxygen atoms in total. The fourth-order valence-corrected chi connectivity index (χ4v) is 4.30. The van der Waals surface area contributed by atoms with Crippen LogP contribution in [0.3, 0.4) is 0 Å². The summed E-state index contributed by atoms with van der Waals surface area (Å²) in [5.74, 6) is 0. The van der Waals surface area contributed by atoms with Crippen LogP contribution in [0, 0.1) is 0 Å². The van der Waals surface area contributed by atoms with Crippen molar-refractivity contribution in [3.05, 3.63) is 35.8 Å². The van der Waals surface area contributed by atoms with Gasteiger partial charge in [-0.05, 0) is 38.1 Å². The molecular weight excluding hydrogens is 336 g/mol. The van der Waals surface area contributed by atoms with E-state index in [1.165, 1.54) is 12.8 Å². The summed E-state index contributed by atoms with van der Waals surface area (Å²) in [6.07, 6.45) is 3.67. The Balaban J connectivity index is 1.41. The SMILES string of the molecule is O=C(Nc1cccc(-c2nccs2)c1)N1C[C@@H](O)[C@@H](N2CCCC2)C1. The number of β-amino-alcohol motifs (C(OH)–C–C–N with tert-alkyl or cyclic N) is 1. The Labute approximate surface area is 151 Å². The third kappa shape index (κ3) is 3.53. The summed E-state index contributed by atoms with van der Waals surface area (Å²) in [4.78, 5) is 20.9. The molecule has 0 saturated carbocycles. The van der Waals surface area contributed by atoms with Gasteiger partial charge in [0.05, 0.1) is 18.7 Å². The van der Waals surface area contributed by atoms with Crippen molar-refractivity contribution in [2.45, 2.75) is 25.0 Å². The van der Waals surface area contributed by atoms with Crippen LogP contribution >= 0.6 is 11.3 Å². The van der Waals surface area contributed by atoms with Gasteiger partial charge in [-0.25, -0.2) is 9.78 Å². The first-order valence-corrected chi connectivity index (χ1v) is 9.56. The van der Waals surface area contributed by atoms with E-state index in [2.05, 4.69) is 15.2 Å². The standard InChI is InChI=1S/C18H22N4O2S/c23-16-12-22(11-15(16)21-7-1-2-8-21)18(24)20-14-5-3-4-13(10-14)17-19-6-9-25-17/h3-6,9-10,15-16,23H,1-2,7-8,11-12H2,(H,20,24)/t15-,16+/m0/s1. The highest BCUT2D eigenvalue weighted by Gasteiger charge is 2.38. The first-order valence-electron chi connectivity index (χ1n) is 8.69. The Bertz CT molecular complexity index is 730. The van der Waals surface area contributed by atoms with Crippen LogP contribution in [-0.2, 0) is 0 Å². The van der Waals surface area contributed by atoms with Crippen LogP contribution in [0.1, 0.15) is 12.8 Å². The van der Waals surface area contributed by atoms with E-state index >= 15 is 0 Å². The monoisotopic (exact) mass is 358 g/mol. The van der Waals surface area contributed by atoms with Gasteiger partial charge in [-0.3, -0.25) is 4.90 Å². The Morgan fingerprint density at radius 2 is 2.12 bits per heavy atom. The van der Waals surface area contributed by atoms with E-state index in [0.29, 0.717) is 13.1 Å². The largest absolute Gasteiger partial charge is 0.390 e. The number of thiazole rings is 1. The molecule has 0 radical (unpaired) electrons. The summed E-state index contributed by atoms with van der Waals surface area (Å²) in [6.45, 7) is 3.01. The van der Waals surface area contributed by atoms with E-state index in [-0.39, 0.29) is 12.1 Å². The van der Waals surface area contributed by atoms with Gasteiger partial charge in [0.1, 0.15) is 5.01 Å². The fraction of sp³-hybridized carbons (Fsp3) is 0.444. The smallest absolute Gasteiger partial charge is 0.321 e. The Morgan fingerprint density at radius 1 is 1.28 bits per heavy atom. The lowest BCUT2D eigenvalue weighted by Crippen LogP contribution is -2.41. The van der Waals surface area contributed by atoms with Crippen molar-refractivity contribution in [3.8, 4) is 10.6 Å². The molecule has 0 aliphatic carbocycles. The van der Waals surface area contributed by atoms with E-state index in [9.17, 15) is 9.90 Å². The molecule has 4 rings (SSSR count). The second kappa shape index (κ2) is 7.11. The number of urea groups is 1. The van der Waals surface area contributed by atoms with Crippen LogP contribution in [0.5, 0.6) is 0 Å². The van der Waals surface area contributed by atoms with E-state index in [4.69, 9.17) is 0 Å². The minimum atomic E-state index is -0.467. The molecule has 0 unspecified atom stereocenters. The lowest BCUT2D eigenvalue weighted by atomic mass is 10.2. The highest BCUT2D eigenvalue weighted by molar-refractivity contribution is 7.13. The number of amides is 2. The second-order valence-corrected chi connectivity index (χ2v) is 7.53. The number of rotatable bonds is 3. The molecule has 2 saturated heterocycles. The van der Waals surface area contributed by atoms with Gasteiger partial charge in [0.2, 0.25) is 0 Å². The first-order chi connectivity index (χ1) is 12.2. The van der Waals surface area contributed by atoms with E-state index in [0.717, 1.165) is 29.3 Å². The summed E-state index contributed by atoms with van der Waals surface area (Å²) >= 11 is 1.57. The third-order valence-electron chi connectivity index (χ3n) is 4.95. The molecule has 7 heteroatoms. The Kier molecular flexibility index (Phi) is 4.70. The minimum Gasteiger partial charge on any atom is -0.390 e. The number of aliphatic hydroxyl groups excluding tert-OH is 1. The summed E-state index contributed by atoms with van der Waals surface area (Å²) in [6, 6.07) is 7.61. The topological polar surface area (TPSA) is 68.7 Å². The van der Waals surface area contributed by atoms with Crippen LogP contribution in [0.2, 0.25) is 0 Å². The number of aromatic nitrogens is 1. The Hall–Kier alpha value is -1.96. The predicted octanol–water partition coefficient (Wildman–Crippen LogP) is 2.48. The molecule has 2 aromatic rings. The van der Waals surface area contributed by atoms with Crippen molar-refractivity contribution in [2.24, 2.45) is 0 Å². The lowest BCUT2D eigenvalue weighted by molar-refractivity contribution is 0.0980. The molecule has 2 atom stereocenters. The van der Waals surface area contributed by atoms with Gasteiger partial charge in [-0.15, -0.1) is 11.3 Å². The average molecular weight is 358 g/mol. The molecule has 2 N–H and O–H groups in total. The highest BCUT2D eigenvalue weighted by atomic mass is 32.1. The van der Waals surface area contributed by atoms with E-state index in [1.54, 1.807) is 22.4 Å². The first kappa shape index (κ1) is 16.5. The van der Waals surface area contributed by atoms with Crippen molar-refractivity contribution in [2.75, 3.05) is 31.5 Å². The second-order valence-electron chi connectivity index (χ2n) is 6.63. The third-order valence-corrected chi connectivity index (χ3v) is 5.77. The molecule has 25 heavy (non-hydrogen) atoms. The number of aliphatic hydroxyl groups is 1. The minimum absolute atomic E-state index is 0.0647. The predicted molar refractivity (Wildman–Crippen MR) is 98.7 cm³/mol. The van der Waals surface area contributed by atoms with Gasteiger partial charge in [-0.2, -0.15) is 0 Å². The van der Waals surface area contributed by atoms with Gasteiger partial charge < -0.3 is 15.3 Å². The van der Waals surface area contributed by atoms with Gasteiger partial charge >= 0.3 is 6.03 Å². The fourth-order valence-electron chi connectivity index (χ4n) is 3.67. The van der Waals surface area contributed by atoms with Crippen molar-refractivity contribution in [1.29, 1.82) is 0 Å². The lowest BCUT2D eigenvalue weighted by Gasteiger charge is -2.25. The van der Waals surface area contributed by atoms with E-state index in [1.807, 2.05) is 29.6 Å². The summed E-state index contributed by atoms with van der Waals surface area (Å²) in [5.41, 5.74) is 1.74.